The van der Waals surface area contributed by atoms with E-state index in [0.717, 1.165) is 18.0 Å². The predicted octanol–water partition coefficient (Wildman–Crippen LogP) is 6.41. The summed E-state index contributed by atoms with van der Waals surface area (Å²) in [6, 6.07) is 8.23. The lowest BCUT2D eigenvalue weighted by atomic mass is 9.88. The van der Waals surface area contributed by atoms with Gasteiger partial charge in [-0.3, -0.25) is 0 Å². The minimum absolute atomic E-state index is 0.316. The Balaban J connectivity index is 1.25. The summed E-state index contributed by atoms with van der Waals surface area (Å²) in [5.74, 6) is 0.519. The van der Waals surface area contributed by atoms with Gasteiger partial charge in [-0.1, -0.05) is 32.4 Å². The Morgan fingerprint density at radius 3 is 2.57 bits per heavy atom. The van der Waals surface area contributed by atoms with Crippen LogP contribution in [-0.4, -0.2) is 34.7 Å². The molecule has 30 heavy (non-hydrogen) atoms. The highest BCUT2D eigenvalue weighted by Crippen LogP contribution is 2.61. The van der Waals surface area contributed by atoms with Gasteiger partial charge in [-0.15, -0.1) is 0 Å². The van der Waals surface area contributed by atoms with E-state index in [0.29, 0.717) is 27.1 Å². The van der Waals surface area contributed by atoms with Crippen molar-refractivity contribution in [2.24, 2.45) is 16.7 Å². The fourth-order valence-corrected chi connectivity index (χ4v) is 5.04. The Hall–Kier alpha value is -1.52. The van der Waals surface area contributed by atoms with Crippen LogP contribution in [0, 0.1) is 22.6 Å². The topological polar surface area (TPSA) is 29.0 Å². The van der Waals surface area contributed by atoms with Crippen molar-refractivity contribution in [1.82, 2.24) is 15.1 Å². The monoisotopic (exact) mass is 429 g/mol. The lowest BCUT2D eigenvalue weighted by molar-refractivity contribution is 0.145. The lowest BCUT2D eigenvalue weighted by Crippen LogP contribution is -2.37. The summed E-state index contributed by atoms with van der Waals surface area (Å²) in [7, 11) is 0. The van der Waals surface area contributed by atoms with Crippen molar-refractivity contribution < 1.29 is 4.39 Å². The summed E-state index contributed by atoms with van der Waals surface area (Å²) >= 11 is 6.18. The predicted molar refractivity (Wildman–Crippen MR) is 121 cm³/mol. The third-order valence-electron chi connectivity index (χ3n) is 7.06. The number of hydrogen-bond donors (Lipinski definition) is 0. The molecule has 2 aromatic rings. The van der Waals surface area contributed by atoms with Crippen LogP contribution >= 0.6 is 11.6 Å². The number of nitrogens with zero attached hydrogens (tertiary/aromatic N) is 3. The number of benzene rings is 1. The van der Waals surface area contributed by atoms with Crippen molar-refractivity contribution in [3.63, 3.8) is 0 Å². The van der Waals surface area contributed by atoms with Gasteiger partial charge in [-0.25, -0.2) is 4.39 Å². The number of rotatable bonds is 6. The highest BCUT2D eigenvalue weighted by molar-refractivity contribution is 6.33. The van der Waals surface area contributed by atoms with E-state index in [1.54, 1.807) is 6.07 Å². The van der Waals surface area contributed by atoms with Crippen molar-refractivity contribution >= 4 is 11.6 Å². The summed E-state index contributed by atoms with van der Waals surface area (Å²) in [4.78, 5) is 2.66. The molecule has 1 spiro atoms. The van der Waals surface area contributed by atoms with Crippen LogP contribution in [0.5, 0.6) is 0 Å². The molecule has 2 fully saturated rings. The second-order valence-corrected chi connectivity index (χ2v) is 10.9. The molecule has 1 saturated carbocycles. The highest BCUT2D eigenvalue weighted by atomic mass is 35.5. The molecule has 3 nitrogen and oxygen atoms in total. The molecule has 1 aromatic carbocycles. The van der Waals surface area contributed by atoms with Crippen LogP contribution in [0.1, 0.15) is 58.6 Å². The normalized spacial score (nSPS) is 21.2. The standard InChI is InChI=1S/C25H33ClFN3/c1-24(2,3)10-13-30-14-11-25(12-15-30)17-18(25)4-6-20-7-9-23(29-28-20)21-16-19(27)5-8-22(21)26/h5,7-9,16,18H,4,6,10-15,17H2,1-3H3/t18-/m0/s1. The molecule has 1 saturated heterocycles. The third kappa shape index (κ3) is 5.20. The number of piperidine rings is 1. The van der Waals surface area contributed by atoms with Crippen LogP contribution in [0.4, 0.5) is 4.39 Å². The number of halogens is 2. The first-order chi connectivity index (χ1) is 14.2. The summed E-state index contributed by atoms with van der Waals surface area (Å²) < 4.78 is 13.5. The maximum absolute atomic E-state index is 13.5. The average molecular weight is 430 g/mol. The van der Waals surface area contributed by atoms with Crippen molar-refractivity contribution in [2.75, 3.05) is 19.6 Å². The molecule has 1 aliphatic heterocycles. The number of aromatic nitrogens is 2. The van der Waals surface area contributed by atoms with Crippen LogP contribution in [0.25, 0.3) is 11.3 Å². The van der Waals surface area contributed by atoms with Gasteiger partial charge in [0.15, 0.2) is 0 Å². The summed E-state index contributed by atoms with van der Waals surface area (Å²) in [6.07, 6.45) is 7.51. The van der Waals surface area contributed by atoms with E-state index in [-0.39, 0.29) is 5.82 Å². The summed E-state index contributed by atoms with van der Waals surface area (Å²) in [5, 5.41) is 9.17. The van der Waals surface area contributed by atoms with Crippen LogP contribution < -0.4 is 0 Å². The Bertz CT molecular complexity index is 867. The average Bonchev–Trinajstić information content (AvgIpc) is 3.39. The zero-order valence-electron chi connectivity index (χ0n) is 18.4. The van der Waals surface area contributed by atoms with E-state index in [1.807, 2.05) is 12.1 Å². The van der Waals surface area contributed by atoms with Crippen molar-refractivity contribution in [2.45, 2.75) is 59.3 Å². The fourth-order valence-electron chi connectivity index (χ4n) is 4.82. The lowest BCUT2D eigenvalue weighted by Gasteiger charge is -2.34. The fraction of sp³-hybridized carbons (Fsp3) is 0.600. The molecular formula is C25H33ClFN3. The van der Waals surface area contributed by atoms with Crippen LogP contribution in [-0.2, 0) is 6.42 Å². The molecular weight excluding hydrogens is 397 g/mol. The quantitative estimate of drug-likeness (QED) is 0.531. The second kappa shape index (κ2) is 8.55. The van der Waals surface area contributed by atoms with Gasteiger partial charge in [0.2, 0.25) is 0 Å². The Morgan fingerprint density at radius 1 is 1.13 bits per heavy atom. The molecule has 0 N–H and O–H groups in total. The Morgan fingerprint density at radius 2 is 1.90 bits per heavy atom. The van der Waals surface area contributed by atoms with Gasteiger partial charge in [0.1, 0.15) is 5.82 Å². The molecule has 5 heteroatoms. The smallest absolute Gasteiger partial charge is 0.123 e. The van der Waals surface area contributed by atoms with E-state index < -0.39 is 0 Å². The number of aryl methyl sites for hydroxylation is 1. The molecule has 1 atom stereocenters. The first-order valence-corrected chi connectivity index (χ1v) is 11.6. The molecule has 1 aliphatic carbocycles. The minimum atomic E-state index is -0.316. The minimum Gasteiger partial charge on any atom is -0.303 e. The van der Waals surface area contributed by atoms with Crippen molar-refractivity contribution in [1.29, 1.82) is 0 Å². The summed E-state index contributed by atoms with van der Waals surface area (Å²) in [6.45, 7) is 10.7. The van der Waals surface area contributed by atoms with E-state index >= 15 is 0 Å². The zero-order chi connectivity index (χ0) is 21.4. The SMILES string of the molecule is CC(C)(C)CCN1CCC2(CC1)C[C@@H]2CCc1ccc(-c2cc(F)ccc2Cl)nn1. The van der Waals surface area contributed by atoms with Crippen LogP contribution in [0.15, 0.2) is 30.3 Å². The molecule has 2 heterocycles. The summed E-state index contributed by atoms with van der Waals surface area (Å²) in [5.41, 5.74) is 3.24. The number of hydrogen-bond acceptors (Lipinski definition) is 3. The van der Waals surface area contributed by atoms with E-state index in [9.17, 15) is 4.39 Å². The van der Waals surface area contributed by atoms with E-state index in [2.05, 4.69) is 35.9 Å². The second-order valence-electron chi connectivity index (χ2n) is 10.5. The third-order valence-corrected chi connectivity index (χ3v) is 7.39. The molecule has 0 radical (unpaired) electrons. The maximum atomic E-state index is 13.5. The maximum Gasteiger partial charge on any atom is 0.123 e. The molecule has 1 aromatic heterocycles. The number of likely N-dealkylation sites (tertiary alicyclic amines) is 1. The van der Waals surface area contributed by atoms with Gasteiger partial charge >= 0.3 is 0 Å². The van der Waals surface area contributed by atoms with Crippen LogP contribution in [0.3, 0.4) is 0 Å². The van der Waals surface area contributed by atoms with Gasteiger partial charge < -0.3 is 4.90 Å². The van der Waals surface area contributed by atoms with Crippen molar-refractivity contribution in [3.05, 3.63) is 46.9 Å². The zero-order valence-corrected chi connectivity index (χ0v) is 19.2. The largest absolute Gasteiger partial charge is 0.303 e. The van der Waals surface area contributed by atoms with Crippen LogP contribution in [0.2, 0.25) is 5.02 Å². The van der Waals surface area contributed by atoms with E-state index in [1.165, 1.54) is 63.9 Å². The van der Waals surface area contributed by atoms with Gasteiger partial charge in [0.25, 0.3) is 0 Å². The van der Waals surface area contributed by atoms with Gasteiger partial charge in [-0.2, -0.15) is 10.2 Å². The van der Waals surface area contributed by atoms with Crippen molar-refractivity contribution in [3.8, 4) is 11.3 Å². The van der Waals surface area contributed by atoms with E-state index in [4.69, 9.17) is 11.6 Å². The van der Waals surface area contributed by atoms with Gasteiger partial charge in [0, 0.05) is 5.56 Å². The van der Waals surface area contributed by atoms with Gasteiger partial charge in [0.05, 0.1) is 16.4 Å². The molecule has 0 unspecified atom stereocenters. The first-order valence-electron chi connectivity index (χ1n) is 11.2. The van der Waals surface area contributed by atoms with Gasteiger partial charge in [-0.05, 0) is 105 Å². The Kier molecular flexibility index (Phi) is 6.18. The molecule has 0 amide bonds. The molecule has 0 bridgehead atoms. The Labute approximate surface area is 185 Å². The molecule has 4 rings (SSSR count). The highest BCUT2D eigenvalue weighted by Gasteiger charge is 2.53. The molecule has 2 aliphatic rings. The molecule has 162 valence electrons. The first kappa shape index (κ1) is 21.7.